The van der Waals surface area contributed by atoms with Crippen LogP contribution >= 0.6 is 11.6 Å². The first-order valence-corrected chi connectivity index (χ1v) is 11.1. The van der Waals surface area contributed by atoms with E-state index in [4.69, 9.17) is 26.1 Å². The number of methoxy groups -OCH3 is 2. The molecule has 1 aliphatic rings. The highest BCUT2D eigenvalue weighted by atomic mass is 35.5. The molecule has 4 nitrogen and oxygen atoms in total. The number of halogens is 1. The first-order chi connectivity index (χ1) is 16.1. The first kappa shape index (κ1) is 21.2. The van der Waals surface area contributed by atoms with Crippen molar-refractivity contribution in [2.45, 2.75) is 12.8 Å². The lowest BCUT2D eigenvalue weighted by Gasteiger charge is -2.22. The topological polar surface area (TPSA) is 48.4 Å². The quantitative estimate of drug-likeness (QED) is 0.318. The Morgan fingerprint density at radius 2 is 1.67 bits per heavy atom. The zero-order valence-electron chi connectivity index (χ0n) is 18.4. The third kappa shape index (κ3) is 3.87. The lowest BCUT2D eigenvalue weighted by Crippen LogP contribution is -2.17. The fourth-order valence-electron chi connectivity index (χ4n) is 4.43. The number of pyridine rings is 1. The summed E-state index contributed by atoms with van der Waals surface area (Å²) in [5.74, 6) is 1.28. The van der Waals surface area contributed by atoms with Gasteiger partial charge in [-0.1, -0.05) is 48.0 Å². The number of hydrogen-bond acceptors (Lipinski definition) is 4. The average molecular weight is 456 g/mol. The summed E-state index contributed by atoms with van der Waals surface area (Å²) in [5.41, 5.74) is 5.84. The van der Waals surface area contributed by atoms with Crippen molar-refractivity contribution in [3.63, 3.8) is 0 Å². The Morgan fingerprint density at radius 1 is 0.879 bits per heavy atom. The summed E-state index contributed by atoms with van der Waals surface area (Å²) in [5, 5.41) is 1.50. The van der Waals surface area contributed by atoms with E-state index in [0.29, 0.717) is 34.9 Å². The summed E-state index contributed by atoms with van der Waals surface area (Å²) in [6, 6.07) is 21.3. The summed E-state index contributed by atoms with van der Waals surface area (Å²) < 4.78 is 10.8. The summed E-state index contributed by atoms with van der Waals surface area (Å²) in [6.45, 7) is 0. The van der Waals surface area contributed by atoms with Gasteiger partial charge in [0.1, 0.15) is 0 Å². The van der Waals surface area contributed by atoms with Gasteiger partial charge in [0.15, 0.2) is 17.3 Å². The van der Waals surface area contributed by atoms with E-state index < -0.39 is 0 Å². The molecule has 1 aliphatic carbocycles. The van der Waals surface area contributed by atoms with Gasteiger partial charge in [-0.15, -0.1) is 0 Å². The molecular weight excluding hydrogens is 434 g/mol. The number of Topliss-reactive ketones (excluding diaryl/α,β-unsaturated/α-hetero) is 1. The van der Waals surface area contributed by atoms with Crippen LogP contribution in [0.3, 0.4) is 0 Å². The third-order valence-corrected chi connectivity index (χ3v) is 6.22. The maximum absolute atomic E-state index is 13.8. The summed E-state index contributed by atoms with van der Waals surface area (Å²) in [7, 11) is 3.21. The molecule has 0 aliphatic heterocycles. The van der Waals surface area contributed by atoms with Crippen molar-refractivity contribution in [1.82, 2.24) is 4.98 Å². The number of allylic oxidation sites excluding steroid dienone is 1. The number of carbonyl (C=O) groups is 1. The minimum atomic E-state index is -0.000682. The molecule has 0 fully saturated rings. The number of ketones is 1. The molecule has 5 heteroatoms. The van der Waals surface area contributed by atoms with Crippen molar-refractivity contribution < 1.29 is 14.3 Å². The van der Waals surface area contributed by atoms with Crippen molar-refractivity contribution in [3.05, 3.63) is 94.1 Å². The third-order valence-electron chi connectivity index (χ3n) is 5.98. The molecule has 5 rings (SSSR count). The van der Waals surface area contributed by atoms with E-state index in [1.165, 1.54) is 0 Å². The molecular formula is C28H22ClNO3. The lowest BCUT2D eigenvalue weighted by atomic mass is 9.83. The fraction of sp³-hybridized carbons (Fsp3) is 0.143. The Kier molecular flexibility index (Phi) is 5.61. The molecule has 0 spiro atoms. The fourth-order valence-corrected chi connectivity index (χ4v) is 4.60. The SMILES string of the molecule is COc1ccc(/C=C2\CCc3nc4ccc(Cl)cc4c(-c4ccccc4)c3C2=O)cc1OC. The Labute approximate surface area is 197 Å². The zero-order chi connectivity index (χ0) is 22.9. The molecule has 1 aromatic heterocycles. The van der Waals surface area contributed by atoms with E-state index in [2.05, 4.69) is 0 Å². The number of nitrogens with zero attached hydrogens (tertiary/aromatic N) is 1. The molecule has 0 amide bonds. The van der Waals surface area contributed by atoms with E-state index in [0.717, 1.165) is 38.9 Å². The van der Waals surface area contributed by atoms with Gasteiger partial charge in [-0.2, -0.15) is 0 Å². The highest BCUT2D eigenvalue weighted by Crippen LogP contribution is 2.39. The second-order valence-corrected chi connectivity index (χ2v) is 8.39. The van der Waals surface area contributed by atoms with Crippen molar-refractivity contribution in [1.29, 1.82) is 0 Å². The van der Waals surface area contributed by atoms with Crippen molar-refractivity contribution in [3.8, 4) is 22.6 Å². The molecule has 0 radical (unpaired) electrons. The predicted octanol–water partition coefficient (Wildman–Crippen LogP) is 6.78. The second-order valence-electron chi connectivity index (χ2n) is 7.95. The number of fused-ring (bicyclic) bond motifs is 2. The molecule has 3 aromatic carbocycles. The molecule has 164 valence electrons. The van der Waals surface area contributed by atoms with Crippen LogP contribution in [-0.4, -0.2) is 25.0 Å². The van der Waals surface area contributed by atoms with Gasteiger partial charge in [-0.3, -0.25) is 9.78 Å². The van der Waals surface area contributed by atoms with Crippen molar-refractivity contribution in [2.75, 3.05) is 14.2 Å². The van der Waals surface area contributed by atoms with Gasteiger partial charge in [0.2, 0.25) is 0 Å². The number of aromatic nitrogens is 1. The highest BCUT2D eigenvalue weighted by molar-refractivity contribution is 6.31. The monoisotopic (exact) mass is 455 g/mol. The largest absolute Gasteiger partial charge is 0.493 e. The van der Waals surface area contributed by atoms with Crippen LogP contribution in [0.2, 0.25) is 5.02 Å². The van der Waals surface area contributed by atoms with Crippen LogP contribution in [0.5, 0.6) is 11.5 Å². The van der Waals surface area contributed by atoms with Crippen molar-refractivity contribution >= 4 is 34.4 Å². The van der Waals surface area contributed by atoms with Crippen LogP contribution in [0.25, 0.3) is 28.1 Å². The maximum atomic E-state index is 13.8. The van der Waals surface area contributed by atoms with Gasteiger partial charge < -0.3 is 9.47 Å². The second kappa shape index (κ2) is 8.72. The minimum Gasteiger partial charge on any atom is -0.493 e. The van der Waals surface area contributed by atoms with Crippen LogP contribution in [0.4, 0.5) is 0 Å². The average Bonchev–Trinajstić information content (AvgIpc) is 2.85. The molecule has 0 atom stereocenters. The number of ether oxygens (including phenoxy) is 2. The van der Waals surface area contributed by atoms with Gasteiger partial charge in [0, 0.05) is 21.5 Å². The number of carbonyl (C=O) groups excluding carboxylic acids is 1. The van der Waals surface area contributed by atoms with Gasteiger partial charge in [0.05, 0.1) is 31.0 Å². The summed E-state index contributed by atoms with van der Waals surface area (Å²) in [6.07, 6.45) is 3.25. The van der Waals surface area contributed by atoms with Gasteiger partial charge in [-0.05, 0) is 60.4 Å². The minimum absolute atomic E-state index is 0.000682. The molecule has 0 saturated carbocycles. The molecule has 0 saturated heterocycles. The van der Waals surface area contributed by atoms with E-state index in [1.807, 2.05) is 72.8 Å². The van der Waals surface area contributed by atoms with E-state index in [9.17, 15) is 4.79 Å². The summed E-state index contributed by atoms with van der Waals surface area (Å²) >= 11 is 6.34. The molecule has 1 heterocycles. The van der Waals surface area contributed by atoms with Gasteiger partial charge >= 0.3 is 0 Å². The normalized spacial score (nSPS) is 14.4. The van der Waals surface area contributed by atoms with Crippen LogP contribution in [-0.2, 0) is 6.42 Å². The van der Waals surface area contributed by atoms with Gasteiger partial charge in [-0.25, -0.2) is 0 Å². The van der Waals surface area contributed by atoms with Crippen LogP contribution < -0.4 is 9.47 Å². The highest BCUT2D eigenvalue weighted by Gasteiger charge is 2.28. The van der Waals surface area contributed by atoms with Crippen LogP contribution in [0, 0.1) is 0 Å². The molecule has 0 bridgehead atoms. The molecule has 0 unspecified atom stereocenters. The number of rotatable bonds is 4. The number of aryl methyl sites for hydroxylation is 1. The summed E-state index contributed by atoms with van der Waals surface area (Å²) in [4.78, 5) is 18.7. The first-order valence-electron chi connectivity index (χ1n) is 10.7. The molecule has 0 N–H and O–H groups in total. The number of hydrogen-bond donors (Lipinski definition) is 0. The predicted molar refractivity (Wildman–Crippen MR) is 132 cm³/mol. The Hall–Kier alpha value is -3.63. The Morgan fingerprint density at radius 3 is 2.42 bits per heavy atom. The lowest BCUT2D eigenvalue weighted by molar-refractivity contribution is 0.102. The molecule has 4 aromatic rings. The Balaban J connectivity index is 1.69. The standard InChI is InChI=1S/C28H22ClNO3/c1-32-24-13-8-17(15-25(24)33-2)14-19-9-11-23-27(28(19)31)26(18-6-4-3-5-7-18)21-16-20(29)10-12-22(21)30-23/h3-8,10,12-16H,9,11H2,1-2H3/b19-14+. The van der Waals surface area contributed by atoms with Crippen LogP contribution in [0.15, 0.2) is 72.3 Å². The van der Waals surface area contributed by atoms with E-state index >= 15 is 0 Å². The zero-order valence-corrected chi connectivity index (χ0v) is 19.1. The van der Waals surface area contributed by atoms with E-state index in [-0.39, 0.29) is 5.78 Å². The maximum Gasteiger partial charge on any atom is 0.191 e. The smallest absolute Gasteiger partial charge is 0.191 e. The number of benzene rings is 3. The van der Waals surface area contributed by atoms with Crippen LogP contribution in [0.1, 0.15) is 28.0 Å². The van der Waals surface area contributed by atoms with E-state index in [1.54, 1.807) is 14.2 Å². The Bertz CT molecular complexity index is 1410. The van der Waals surface area contributed by atoms with Gasteiger partial charge in [0.25, 0.3) is 0 Å². The van der Waals surface area contributed by atoms with Crippen molar-refractivity contribution in [2.24, 2.45) is 0 Å². The molecule has 33 heavy (non-hydrogen) atoms.